The summed E-state index contributed by atoms with van der Waals surface area (Å²) in [5, 5.41) is 1.48. The van der Waals surface area contributed by atoms with Gasteiger partial charge in [-0.25, -0.2) is 0 Å². The average molecular weight is 705 g/mol. The minimum atomic E-state index is -2.49. The second-order valence-corrected chi connectivity index (χ2v) is 14.5. The van der Waals surface area contributed by atoms with Gasteiger partial charge in [0.05, 0.1) is 31.7 Å². The SMILES string of the molecule is [2H]c1c([2H])c([2H])c2c(c1[2H])-c1c([2H])c([2H])c([2H])c([2H])c1C21c2c([2H])c([2H])c([2H])c([2H])c2-c2c([2H])c([2H])c(N(c3ccc4c(c3)C(C)(C)c3ccccc3-4)c3cccc4c3oc3ccccc34)c([2H])c21. The van der Waals surface area contributed by atoms with Gasteiger partial charge < -0.3 is 9.32 Å². The van der Waals surface area contributed by atoms with Crippen LogP contribution in [0.5, 0.6) is 0 Å². The van der Waals surface area contributed by atoms with Crippen molar-refractivity contribution in [3.8, 4) is 33.4 Å². The van der Waals surface area contributed by atoms with Crippen molar-refractivity contribution in [1.82, 2.24) is 0 Å². The number of rotatable bonds is 3. The summed E-state index contributed by atoms with van der Waals surface area (Å²) in [6.45, 7) is 4.21. The number of anilines is 3. The van der Waals surface area contributed by atoms with Crippen LogP contribution in [0.1, 0.15) is 67.8 Å². The highest BCUT2D eigenvalue weighted by Crippen LogP contribution is 2.63. The molecular weight excluding hydrogens is 655 g/mol. The van der Waals surface area contributed by atoms with Crippen LogP contribution in [-0.2, 0) is 10.8 Å². The van der Waals surface area contributed by atoms with Crippen molar-refractivity contribution >= 4 is 39.0 Å². The predicted octanol–water partition coefficient (Wildman–Crippen LogP) is 13.7. The summed E-state index contributed by atoms with van der Waals surface area (Å²) < 4.78 is 148. The molecule has 0 bridgehead atoms. The van der Waals surface area contributed by atoms with E-state index in [0.717, 1.165) is 27.6 Å². The van der Waals surface area contributed by atoms with Crippen molar-refractivity contribution in [2.75, 3.05) is 4.90 Å². The van der Waals surface area contributed by atoms with E-state index < -0.39 is 101 Å². The Labute approximate surface area is 335 Å². The summed E-state index contributed by atoms with van der Waals surface area (Å²) in [5.41, 5.74) is -0.200. The number of hydrogen-bond acceptors (Lipinski definition) is 2. The van der Waals surface area contributed by atoms with E-state index >= 15 is 0 Å². The highest BCUT2D eigenvalue weighted by atomic mass is 16.3. The molecule has 1 heterocycles. The molecule has 3 aliphatic rings. The van der Waals surface area contributed by atoms with Gasteiger partial charge in [-0.15, -0.1) is 0 Å². The monoisotopic (exact) mass is 704 g/mol. The zero-order chi connectivity index (χ0) is 48.8. The van der Waals surface area contributed by atoms with Crippen LogP contribution >= 0.6 is 0 Å². The third-order valence-electron chi connectivity index (χ3n) is 11.5. The Morgan fingerprint density at radius 2 is 1.09 bits per heavy atom. The second-order valence-electron chi connectivity index (χ2n) is 14.5. The van der Waals surface area contributed by atoms with Gasteiger partial charge in [-0.05, 0) is 103 Å². The maximum Gasteiger partial charge on any atom is 0.159 e. The second kappa shape index (κ2) is 10.5. The smallest absolute Gasteiger partial charge is 0.159 e. The van der Waals surface area contributed by atoms with E-state index in [4.69, 9.17) is 12.6 Å². The molecular formula is C52H35NO. The fourth-order valence-electron chi connectivity index (χ4n) is 9.20. The Morgan fingerprint density at radius 3 is 1.83 bits per heavy atom. The van der Waals surface area contributed by atoms with Gasteiger partial charge in [0.2, 0.25) is 0 Å². The van der Waals surface area contributed by atoms with Crippen LogP contribution in [0.3, 0.4) is 0 Å². The molecule has 2 heteroatoms. The van der Waals surface area contributed by atoms with Crippen LogP contribution in [0.15, 0.2) is 180 Å². The van der Waals surface area contributed by atoms with E-state index in [1.807, 2.05) is 60.7 Å². The van der Waals surface area contributed by atoms with Crippen LogP contribution in [0.2, 0.25) is 0 Å². The molecule has 1 spiro atoms. The first-order chi connectivity index (χ1) is 32.8. The van der Waals surface area contributed by atoms with Gasteiger partial charge in [-0.2, -0.15) is 0 Å². The fraction of sp³-hybridized carbons (Fsp3) is 0.0769. The largest absolute Gasteiger partial charge is 0.454 e. The van der Waals surface area contributed by atoms with E-state index in [2.05, 4.69) is 26.0 Å². The highest BCUT2D eigenvalue weighted by molar-refractivity contribution is 6.10. The lowest BCUT2D eigenvalue weighted by Gasteiger charge is -2.32. The number of nitrogens with zero attached hydrogens (tertiary/aromatic N) is 1. The Hall–Kier alpha value is -6.64. The van der Waals surface area contributed by atoms with Gasteiger partial charge in [0.25, 0.3) is 0 Å². The Bertz CT molecular complexity index is 3810. The van der Waals surface area contributed by atoms with E-state index in [1.165, 1.54) is 0 Å². The van der Waals surface area contributed by atoms with Crippen LogP contribution in [0.25, 0.3) is 55.3 Å². The minimum absolute atomic E-state index is 0.223. The molecule has 0 saturated heterocycles. The first-order valence-electron chi connectivity index (χ1n) is 25.2. The summed E-state index contributed by atoms with van der Waals surface area (Å²) in [7, 11) is 0. The van der Waals surface area contributed by atoms with Crippen molar-refractivity contribution in [3.63, 3.8) is 0 Å². The molecule has 0 amide bonds. The number of hydrogen-bond donors (Lipinski definition) is 0. The van der Waals surface area contributed by atoms with Crippen molar-refractivity contribution in [3.05, 3.63) is 209 Å². The van der Waals surface area contributed by atoms with Gasteiger partial charge in [0.1, 0.15) is 5.58 Å². The molecule has 0 atom stereocenters. The van der Waals surface area contributed by atoms with Crippen LogP contribution < -0.4 is 4.90 Å². The van der Waals surface area contributed by atoms with Gasteiger partial charge in [0, 0.05) is 27.6 Å². The summed E-state index contributed by atoms with van der Waals surface area (Å²) >= 11 is 0. The molecule has 0 aliphatic heterocycles. The van der Waals surface area contributed by atoms with E-state index in [-0.39, 0.29) is 50.2 Å². The van der Waals surface area contributed by atoms with E-state index in [9.17, 15) is 12.3 Å². The molecule has 9 aromatic rings. The molecule has 54 heavy (non-hydrogen) atoms. The number of para-hydroxylation sites is 2. The zero-order valence-electron chi connectivity index (χ0n) is 43.9. The van der Waals surface area contributed by atoms with Crippen LogP contribution in [0, 0.1) is 0 Å². The molecule has 254 valence electrons. The first-order valence-corrected chi connectivity index (χ1v) is 17.7. The topological polar surface area (TPSA) is 16.4 Å². The van der Waals surface area contributed by atoms with Gasteiger partial charge in [-0.3, -0.25) is 0 Å². The van der Waals surface area contributed by atoms with E-state index in [1.54, 1.807) is 17.0 Å². The zero-order valence-corrected chi connectivity index (χ0v) is 28.9. The Morgan fingerprint density at radius 1 is 0.481 bits per heavy atom. The number of benzene rings is 8. The first kappa shape index (κ1) is 18.9. The molecule has 0 N–H and O–H groups in total. The van der Waals surface area contributed by atoms with Crippen LogP contribution in [-0.4, -0.2) is 0 Å². The lowest BCUT2D eigenvalue weighted by Crippen LogP contribution is -2.26. The molecule has 12 rings (SSSR count). The summed E-state index contributed by atoms with van der Waals surface area (Å²) in [6.07, 6.45) is 0. The maximum absolute atomic E-state index is 10.7. The minimum Gasteiger partial charge on any atom is -0.454 e. The number of furan rings is 1. The normalized spacial score (nSPS) is 18.7. The van der Waals surface area contributed by atoms with Crippen molar-refractivity contribution in [2.45, 2.75) is 24.7 Å². The molecule has 0 unspecified atom stereocenters. The maximum atomic E-state index is 10.7. The average Bonchev–Trinajstić information content (AvgIpc) is 4.05. The molecule has 1 aromatic heterocycles. The molecule has 0 fully saturated rings. The fourth-order valence-corrected chi connectivity index (χ4v) is 9.20. The molecule has 0 saturated carbocycles. The van der Waals surface area contributed by atoms with Gasteiger partial charge >= 0.3 is 0 Å². The van der Waals surface area contributed by atoms with Crippen LogP contribution in [0.4, 0.5) is 17.1 Å². The Kier molecular flexibility index (Phi) is 3.67. The summed E-state index contributed by atoms with van der Waals surface area (Å²) in [5.74, 6) is 0. The van der Waals surface area contributed by atoms with Crippen molar-refractivity contribution in [2.24, 2.45) is 0 Å². The standard InChI is InChI=1S/C52H35NO/c1-51(2)42-20-8-3-14-34(42)38-28-26-32(30-46(38)51)53(48-24-13-19-41-40-18-7-12-25-49(40)54-50(41)48)33-27-29-39-37-17-6-11-23-45(37)52(47(39)31-33)43-21-9-4-15-35(43)36-16-5-10-22-44(36)52/h3-31H,1-2H3/i4D,5D,6D,9D,10D,11D,15D,16D,17D,21D,22D,23D,27D,29D,31D. The Balaban J connectivity index is 1.30. The van der Waals surface area contributed by atoms with Gasteiger partial charge in [0.15, 0.2) is 5.58 Å². The molecule has 0 radical (unpaired) electrons. The summed E-state index contributed by atoms with van der Waals surface area (Å²) in [4.78, 5) is 1.64. The highest BCUT2D eigenvalue weighted by Gasteiger charge is 2.51. The van der Waals surface area contributed by atoms with E-state index in [0.29, 0.717) is 27.9 Å². The molecule has 3 aliphatic carbocycles. The molecule has 8 aromatic carbocycles. The molecule has 2 nitrogen and oxygen atoms in total. The summed E-state index contributed by atoms with van der Waals surface area (Å²) in [6, 6.07) is 16.5. The van der Waals surface area contributed by atoms with Crippen molar-refractivity contribution in [1.29, 1.82) is 0 Å². The quantitative estimate of drug-likeness (QED) is 0.182. The predicted molar refractivity (Wildman–Crippen MR) is 222 cm³/mol. The lowest BCUT2D eigenvalue weighted by atomic mass is 9.70. The number of fused-ring (bicyclic) bond motifs is 16. The van der Waals surface area contributed by atoms with Crippen molar-refractivity contribution < 1.29 is 25.0 Å². The third-order valence-corrected chi connectivity index (χ3v) is 11.5. The van der Waals surface area contributed by atoms with Gasteiger partial charge in [-0.1, -0.05) is 153 Å². The lowest BCUT2D eigenvalue weighted by molar-refractivity contribution is 0.660. The third kappa shape index (κ3) is 3.65.